The van der Waals surface area contributed by atoms with Crippen LogP contribution in [0, 0.1) is 0 Å². The number of pyridine rings is 1. The zero-order chi connectivity index (χ0) is 11.9. The molecule has 2 heterocycles. The molecule has 0 aliphatic heterocycles. The van der Waals surface area contributed by atoms with Crippen molar-refractivity contribution < 1.29 is 4.42 Å². The van der Waals surface area contributed by atoms with Crippen LogP contribution in [-0.2, 0) is 5.41 Å². The predicted molar refractivity (Wildman–Crippen MR) is 64.6 cm³/mol. The van der Waals surface area contributed by atoms with Gasteiger partial charge in [0.05, 0.1) is 5.69 Å². The van der Waals surface area contributed by atoms with Crippen molar-refractivity contribution in [2.24, 2.45) is 0 Å². The summed E-state index contributed by atoms with van der Waals surface area (Å²) in [6.07, 6.45) is 1.79. The summed E-state index contributed by atoms with van der Waals surface area (Å²) in [6, 6.07) is 1.88. The Morgan fingerprint density at radius 2 is 1.94 bits per heavy atom. The minimum absolute atomic E-state index is 0.0622. The van der Waals surface area contributed by atoms with Crippen molar-refractivity contribution in [3.8, 4) is 0 Å². The fraction of sp³-hybridized carbons (Fsp3) is 0.538. The van der Waals surface area contributed by atoms with Crippen molar-refractivity contribution in [2.75, 3.05) is 0 Å². The Balaban J connectivity index is 2.66. The number of rotatable bonds is 1. The van der Waals surface area contributed by atoms with E-state index in [4.69, 9.17) is 4.42 Å². The van der Waals surface area contributed by atoms with Gasteiger partial charge in [0.2, 0.25) is 5.89 Å². The molecule has 0 fully saturated rings. The maximum atomic E-state index is 5.77. The minimum atomic E-state index is -0.0622. The Bertz CT molecular complexity index is 506. The van der Waals surface area contributed by atoms with E-state index in [2.05, 4.69) is 44.6 Å². The molecule has 0 N–H and O–H groups in total. The lowest BCUT2D eigenvalue weighted by Gasteiger charge is -2.11. The third kappa shape index (κ3) is 1.82. The summed E-state index contributed by atoms with van der Waals surface area (Å²) in [5.41, 5.74) is 2.69. The molecule has 2 aromatic rings. The Kier molecular flexibility index (Phi) is 2.49. The van der Waals surface area contributed by atoms with E-state index in [1.165, 1.54) is 0 Å². The number of hydrogen-bond acceptors (Lipinski definition) is 3. The Morgan fingerprint density at radius 1 is 1.25 bits per heavy atom. The van der Waals surface area contributed by atoms with Gasteiger partial charge in [0.15, 0.2) is 5.58 Å². The average molecular weight is 218 g/mol. The van der Waals surface area contributed by atoms with Gasteiger partial charge >= 0.3 is 0 Å². The zero-order valence-corrected chi connectivity index (χ0v) is 10.5. The standard InChI is InChI=1S/C13H18N2O/c1-8(2)10-11-9(6-7-14-10)16-12(15-11)13(3,4)5/h6-8H,1-5H3. The summed E-state index contributed by atoms with van der Waals surface area (Å²) >= 11 is 0. The summed E-state index contributed by atoms with van der Waals surface area (Å²) in [5.74, 6) is 1.14. The van der Waals surface area contributed by atoms with Crippen LogP contribution in [-0.4, -0.2) is 9.97 Å². The lowest BCUT2D eigenvalue weighted by molar-refractivity contribution is 0.411. The first-order valence-electron chi connectivity index (χ1n) is 5.65. The second kappa shape index (κ2) is 3.58. The van der Waals surface area contributed by atoms with Crippen LogP contribution in [0.25, 0.3) is 11.1 Å². The van der Waals surface area contributed by atoms with Crippen molar-refractivity contribution in [2.45, 2.75) is 46.0 Å². The molecule has 0 spiro atoms. The fourth-order valence-electron chi connectivity index (χ4n) is 1.62. The smallest absolute Gasteiger partial charge is 0.200 e. The van der Waals surface area contributed by atoms with Crippen LogP contribution in [0.15, 0.2) is 16.7 Å². The van der Waals surface area contributed by atoms with Gasteiger partial charge in [-0.3, -0.25) is 4.98 Å². The fourth-order valence-corrected chi connectivity index (χ4v) is 1.62. The zero-order valence-electron chi connectivity index (χ0n) is 10.5. The van der Waals surface area contributed by atoms with Crippen molar-refractivity contribution in [3.63, 3.8) is 0 Å². The number of fused-ring (bicyclic) bond motifs is 1. The molecule has 0 amide bonds. The van der Waals surface area contributed by atoms with Crippen molar-refractivity contribution in [1.82, 2.24) is 9.97 Å². The molecular weight excluding hydrogens is 200 g/mol. The molecule has 0 radical (unpaired) electrons. The Morgan fingerprint density at radius 3 is 2.50 bits per heavy atom. The van der Waals surface area contributed by atoms with E-state index in [9.17, 15) is 0 Å². The summed E-state index contributed by atoms with van der Waals surface area (Å²) in [6.45, 7) is 10.5. The van der Waals surface area contributed by atoms with Crippen molar-refractivity contribution in [3.05, 3.63) is 23.8 Å². The first-order valence-corrected chi connectivity index (χ1v) is 5.65. The van der Waals surface area contributed by atoms with Gasteiger partial charge < -0.3 is 4.42 Å². The van der Waals surface area contributed by atoms with E-state index < -0.39 is 0 Å². The first-order chi connectivity index (χ1) is 7.39. The van der Waals surface area contributed by atoms with E-state index in [1.54, 1.807) is 6.20 Å². The molecule has 2 aromatic heterocycles. The van der Waals surface area contributed by atoms with Gasteiger partial charge in [-0.25, -0.2) is 4.98 Å². The maximum absolute atomic E-state index is 5.77. The van der Waals surface area contributed by atoms with E-state index in [0.29, 0.717) is 5.92 Å². The molecule has 3 nitrogen and oxygen atoms in total. The third-order valence-electron chi connectivity index (χ3n) is 2.52. The molecule has 0 unspecified atom stereocenters. The van der Waals surface area contributed by atoms with Gasteiger partial charge in [0.25, 0.3) is 0 Å². The van der Waals surface area contributed by atoms with Gasteiger partial charge in [-0.05, 0) is 5.92 Å². The van der Waals surface area contributed by atoms with E-state index in [-0.39, 0.29) is 5.41 Å². The Labute approximate surface area is 95.9 Å². The summed E-state index contributed by atoms with van der Waals surface area (Å²) in [4.78, 5) is 8.96. The molecule has 0 saturated carbocycles. The highest BCUT2D eigenvalue weighted by atomic mass is 16.3. The molecule has 0 aliphatic rings. The van der Waals surface area contributed by atoms with Crippen molar-refractivity contribution >= 4 is 11.1 Å². The molecular formula is C13H18N2O. The van der Waals surface area contributed by atoms with Crippen LogP contribution in [0.2, 0.25) is 0 Å². The lowest BCUT2D eigenvalue weighted by Crippen LogP contribution is -2.11. The summed E-state index contributed by atoms with van der Waals surface area (Å²) in [7, 11) is 0. The molecule has 3 heteroatoms. The van der Waals surface area contributed by atoms with Crippen LogP contribution in [0.4, 0.5) is 0 Å². The first kappa shape index (κ1) is 11.1. The Hall–Kier alpha value is -1.38. The number of aromatic nitrogens is 2. The third-order valence-corrected chi connectivity index (χ3v) is 2.52. The molecule has 0 bridgehead atoms. The van der Waals surface area contributed by atoms with Gasteiger partial charge in [0, 0.05) is 17.7 Å². The maximum Gasteiger partial charge on any atom is 0.200 e. The van der Waals surface area contributed by atoms with Crippen LogP contribution in [0.3, 0.4) is 0 Å². The van der Waals surface area contributed by atoms with Gasteiger partial charge in [-0.2, -0.15) is 0 Å². The number of nitrogens with zero attached hydrogens (tertiary/aromatic N) is 2. The van der Waals surface area contributed by atoms with Crippen molar-refractivity contribution in [1.29, 1.82) is 0 Å². The highest BCUT2D eigenvalue weighted by Gasteiger charge is 2.22. The quantitative estimate of drug-likeness (QED) is 0.733. The largest absolute Gasteiger partial charge is 0.440 e. The number of oxazole rings is 1. The van der Waals surface area contributed by atoms with Gasteiger partial charge in [-0.1, -0.05) is 34.6 Å². The molecule has 0 atom stereocenters. The lowest BCUT2D eigenvalue weighted by atomic mass is 9.97. The second-order valence-electron chi connectivity index (χ2n) is 5.47. The summed E-state index contributed by atoms with van der Waals surface area (Å²) < 4.78 is 5.77. The molecule has 0 aromatic carbocycles. The molecule has 0 aliphatic carbocycles. The van der Waals surface area contributed by atoms with Crippen LogP contribution in [0.1, 0.15) is 52.1 Å². The highest BCUT2D eigenvalue weighted by molar-refractivity contribution is 5.75. The minimum Gasteiger partial charge on any atom is -0.440 e. The van der Waals surface area contributed by atoms with Gasteiger partial charge in [0.1, 0.15) is 5.52 Å². The molecule has 0 saturated heterocycles. The van der Waals surface area contributed by atoms with Gasteiger partial charge in [-0.15, -0.1) is 0 Å². The normalized spacial score (nSPS) is 12.6. The molecule has 16 heavy (non-hydrogen) atoms. The molecule has 86 valence electrons. The SMILES string of the molecule is CC(C)c1nccc2oc(C(C)(C)C)nc12. The van der Waals surface area contributed by atoms with E-state index in [0.717, 1.165) is 22.7 Å². The average Bonchev–Trinajstić information content (AvgIpc) is 2.59. The number of hydrogen-bond donors (Lipinski definition) is 0. The topological polar surface area (TPSA) is 38.9 Å². The monoisotopic (exact) mass is 218 g/mol. The second-order valence-corrected chi connectivity index (χ2v) is 5.47. The summed E-state index contributed by atoms with van der Waals surface area (Å²) in [5, 5.41) is 0. The van der Waals surface area contributed by atoms with Crippen LogP contribution >= 0.6 is 0 Å². The molecule has 2 rings (SSSR count). The van der Waals surface area contributed by atoms with E-state index in [1.807, 2.05) is 6.07 Å². The van der Waals surface area contributed by atoms with Crippen LogP contribution < -0.4 is 0 Å². The van der Waals surface area contributed by atoms with Crippen LogP contribution in [0.5, 0.6) is 0 Å². The van der Waals surface area contributed by atoms with E-state index >= 15 is 0 Å². The predicted octanol–water partition coefficient (Wildman–Crippen LogP) is 3.64. The highest BCUT2D eigenvalue weighted by Crippen LogP contribution is 2.28.